The van der Waals surface area contributed by atoms with Gasteiger partial charge in [0.1, 0.15) is 5.76 Å². The summed E-state index contributed by atoms with van der Waals surface area (Å²) in [4.78, 5) is 17.5. The van der Waals surface area contributed by atoms with Gasteiger partial charge in [0, 0.05) is 12.0 Å². The van der Waals surface area contributed by atoms with Crippen molar-refractivity contribution in [1.82, 2.24) is 5.06 Å². The van der Waals surface area contributed by atoms with Crippen molar-refractivity contribution >= 4 is 5.97 Å². The molecule has 1 fully saturated rings. The van der Waals surface area contributed by atoms with Crippen LogP contribution < -0.4 is 0 Å². The number of carbonyl (C=O) groups excluding carboxylic acids is 1. The minimum Gasteiger partial charge on any atom is -0.468 e. The largest absolute Gasteiger partial charge is 0.468 e. The van der Waals surface area contributed by atoms with E-state index in [1.165, 1.54) is 0 Å². The van der Waals surface area contributed by atoms with Crippen LogP contribution in [-0.2, 0) is 14.4 Å². The lowest BCUT2D eigenvalue weighted by Crippen LogP contribution is -2.29. The van der Waals surface area contributed by atoms with E-state index in [0.29, 0.717) is 13.0 Å². The topological polar surface area (TPSA) is 72.1 Å². The van der Waals surface area contributed by atoms with E-state index in [1.807, 2.05) is 26.0 Å². The van der Waals surface area contributed by atoms with Crippen molar-refractivity contribution in [3.8, 4) is 0 Å². The number of hydrogen-bond acceptors (Lipinski definition) is 6. The average Bonchev–Trinajstić information content (AvgIpc) is 3.12. The van der Waals surface area contributed by atoms with Crippen LogP contribution in [0.5, 0.6) is 0 Å². The molecule has 1 aliphatic rings. The summed E-state index contributed by atoms with van der Waals surface area (Å²) in [5, 5.41) is 10.9. The fourth-order valence-electron chi connectivity index (χ4n) is 2.35. The first-order valence-electron chi connectivity index (χ1n) is 7.08. The fraction of sp³-hybridized carbons (Fsp3) is 0.667. The molecule has 2 atom stereocenters. The summed E-state index contributed by atoms with van der Waals surface area (Å²) >= 11 is 0. The molecule has 1 aromatic rings. The molecule has 21 heavy (non-hydrogen) atoms. The van der Waals surface area contributed by atoms with Crippen LogP contribution in [0.2, 0.25) is 0 Å². The number of nitrogens with zero attached hydrogens (tertiary/aromatic N) is 1. The number of aliphatic hydroxyl groups excluding tert-OH is 1. The van der Waals surface area contributed by atoms with Crippen molar-refractivity contribution in [2.45, 2.75) is 26.3 Å². The summed E-state index contributed by atoms with van der Waals surface area (Å²) in [5.74, 6) is 0.269. The van der Waals surface area contributed by atoms with Gasteiger partial charge in [0.05, 0.1) is 38.5 Å². The Balaban J connectivity index is 1.94. The van der Waals surface area contributed by atoms with Gasteiger partial charge in [-0.2, -0.15) is 5.06 Å². The van der Waals surface area contributed by atoms with E-state index >= 15 is 0 Å². The van der Waals surface area contributed by atoms with Crippen LogP contribution >= 0.6 is 0 Å². The van der Waals surface area contributed by atoms with Gasteiger partial charge in [-0.3, -0.25) is 4.79 Å². The van der Waals surface area contributed by atoms with E-state index in [2.05, 4.69) is 0 Å². The second-order valence-electron chi connectivity index (χ2n) is 6.18. The molecule has 1 aromatic heterocycles. The maximum absolute atomic E-state index is 12.2. The summed E-state index contributed by atoms with van der Waals surface area (Å²) in [6, 6.07) is 3.62. The lowest BCUT2D eigenvalue weighted by atomic mass is 9.96. The summed E-state index contributed by atoms with van der Waals surface area (Å²) in [6.07, 6.45) is 2.21. The molecule has 6 heteroatoms. The van der Waals surface area contributed by atoms with E-state index in [1.54, 1.807) is 18.4 Å². The molecule has 6 nitrogen and oxygen atoms in total. The van der Waals surface area contributed by atoms with Crippen LogP contribution in [-0.4, -0.2) is 43.0 Å². The molecule has 2 heterocycles. The SMILES string of the molecule is CON1C[C@@H](C(=O)OCC(C)(C)CO)C[C@@H]1c1ccco1. The number of hydroxylamine groups is 2. The highest BCUT2D eigenvalue weighted by atomic mass is 16.7. The molecule has 0 amide bonds. The summed E-state index contributed by atoms with van der Waals surface area (Å²) < 4.78 is 10.7. The van der Waals surface area contributed by atoms with Gasteiger partial charge in [0.25, 0.3) is 0 Å². The lowest BCUT2D eigenvalue weighted by molar-refractivity contribution is -0.159. The summed E-state index contributed by atoms with van der Waals surface area (Å²) in [6.45, 7) is 4.35. The third-order valence-corrected chi connectivity index (χ3v) is 3.73. The van der Waals surface area contributed by atoms with Crippen molar-refractivity contribution < 1.29 is 23.9 Å². The Morgan fingerprint density at radius 2 is 2.33 bits per heavy atom. The molecule has 0 aliphatic carbocycles. The molecular formula is C15H23NO5. The number of aliphatic hydroxyl groups is 1. The maximum atomic E-state index is 12.2. The molecule has 2 rings (SSSR count). The Kier molecular flexibility index (Phi) is 5.03. The van der Waals surface area contributed by atoms with E-state index in [0.717, 1.165) is 5.76 Å². The van der Waals surface area contributed by atoms with Crippen LogP contribution in [0, 0.1) is 11.3 Å². The molecule has 0 saturated carbocycles. The Morgan fingerprint density at radius 1 is 1.57 bits per heavy atom. The quantitative estimate of drug-likeness (QED) is 0.807. The van der Waals surface area contributed by atoms with E-state index in [4.69, 9.17) is 14.0 Å². The normalized spacial score (nSPS) is 23.4. The molecule has 0 aromatic carbocycles. The Morgan fingerprint density at radius 3 is 2.90 bits per heavy atom. The number of carbonyl (C=O) groups is 1. The third kappa shape index (κ3) is 3.84. The van der Waals surface area contributed by atoms with Gasteiger partial charge in [-0.15, -0.1) is 0 Å². The second-order valence-corrected chi connectivity index (χ2v) is 6.18. The first-order chi connectivity index (χ1) is 9.96. The van der Waals surface area contributed by atoms with Crippen molar-refractivity contribution in [2.75, 3.05) is 26.9 Å². The average molecular weight is 297 g/mol. The molecule has 1 saturated heterocycles. The van der Waals surface area contributed by atoms with Crippen LogP contribution in [0.15, 0.2) is 22.8 Å². The zero-order valence-corrected chi connectivity index (χ0v) is 12.7. The monoisotopic (exact) mass is 297 g/mol. The molecule has 0 bridgehead atoms. The van der Waals surface area contributed by atoms with Gasteiger partial charge in [0.15, 0.2) is 0 Å². The van der Waals surface area contributed by atoms with Crippen molar-refractivity contribution in [3.63, 3.8) is 0 Å². The molecule has 0 spiro atoms. The van der Waals surface area contributed by atoms with Gasteiger partial charge in [-0.25, -0.2) is 0 Å². The van der Waals surface area contributed by atoms with Crippen LogP contribution in [0.25, 0.3) is 0 Å². The number of ether oxygens (including phenoxy) is 1. The smallest absolute Gasteiger partial charge is 0.310 e. The third-order valence-electron chi connectivity index (χ3n) is 3.73. The van der Waals surface area contributed by atoms with Gasteiger partial charge in [-0.05, 0) is 18.6 Å². The minimum atomic E-state index is -0.421. The lowest BCUT2D eigenvalue weighted by Gasteiger charge is -2.22. The fourth-order valence-corrected chi connectivity index (χ4v) is 2.35. The molecular weight excluding hydrogens is 274 g/mol. The van der Waals surface area contributed by atoms with E-state index < -0.39 is 5.41 Å². The molecule has 1 N–H and O–H groups in total. The summed E-state index contributed by atoms with van der Waals surface area (Å²) in [5.41, 5.74) is -0.421. The highest BCUT2D eigenvalue weighted by Gasteiger charge is 2.40. The first-order valence-corrected chi connectivity index (χ1v) is 7.08. The molecule has 1 aliphatic heterocycles. The Bertz CT molecular complexity index is 457. The maximum Gasteiger partial charge on any atom is 0.310 e. The predicted molar refractivity (Wildman–Crippen MR) is 75.1 cm³/mol. The highest BCUT2D eigenvalue weighted by Crippen LogP contribution is 2.36. The van der Waals surface area contributed by atoms with Crippen molar-refractivity contribution in [2.24, 2.45) is 11.3 Å². The zero-order valence-electron chi connectivity index (χ0n) is 12.7. The highest BCUT2D eigenvalue weighted by molar-refractivity contribution is 5.73. The molecule has 0 radical (unpaired) electrons. The number of rotatable bonds is 6. The van der Waals surface area contributed by atoms with Crippen LogP contribution in [0.1, 0.15) is 32.1 Å². The second kappa shape index (κ2) is 6.60. The van der Waals surface area contributed by atoms with Gasteiger partial charge < -0.3 is 19.1 Å². The summed E-state index contributed by atoms with van der Waals surface area (Å²) in [7, 11) is 1.58. The van der Waals surface area contributed by atoms with Gasteiger partial charge in [0.2, 0.25) is 0 Å². The number of esters is 1. The Hall–Kier alpha value is -1.37. The van der Waals surface area contributed by atoms with E-state index in [9.17, 15) is 9.90 Å². The van der Waals surface area contributed by atoms with Crippen LogP contribution in [0.3, 0.4) is 0 Å². The molecule has 0 unspecified atom stereocenters. The molecule has 118 valence electrons. The van der Waals surface area contributed by atoms with Gasteiger partial charge in [-0.1, -0.05) is 13.8 Å². The zero-order chi connectivity index (χ0) is 15.5. The van der Waals surface area contributed by atoms with Crippen molar-refractivity contribution in [1.29, 1.82) is 0 Å². The van der Waals surface area contributed by atoms with Crippen molar-refractivity contribution in [3.05, 3.63) is 24.2 Å². The van der Waals surface area contributed by atoms with Gasteiger partial charge >= 0.3 is 5.97 Å². The standard InChI is InChI=1S/C15H23NO5/c1-15(2,9-17)10-21-14(18)11-7-12(16(8-11)19-3)13-5-4-6-20-13/h4-6,11-12,17H,7-10H2,1-3H3/t11-,12+/m0/s1. The number of furan rings is 1. The number of hydrogen-bond donors (Lipinski definition) is 1. The van der Waals surface area contributed by atoms with E-state index in [-0.39, 0.29) is 31.1 Å². The van der Waals surface area contributed by atoms with Crippen LogP contribution in [0.4, 0.5) is 0 Å². The Labute approximate surface area is 124 Å². The first kappa shape index (κ1) is 16.0. The predicted octanol–water partition coefficient (Wildman–Crippen LogP) is 1.77. The minimum absolute atomic E-state index is 0.0236.